The number of rotatable bonds is 3. The second-order valence-electron chi connectivity index (χ2n) is 10.7. The molecule has 3 fully saturated rings. The maximum Gasteiger partial charge on any atom is 0.257 e. The Kier molecular flexibility index (Phi) is 5.42. The van der Waals surface area contributed by atoms with Crippen LogP contribution in [0.25, 0.3) is 0 Å². The van der Waals surface area contributed by atoms with E-state index in [0.29, 0.717) is 50.0 Å². The van der Waals surface area contributed by atoms with Gasteiger partial charge in [0.1, 0.15) is 13.2 Å². The van der Waals surface area contributed by atoms with E-state index in [9.17, 15) is 9.90 Å². The molecule has 0 saturated carbocycles. The summed E-state index contributed by atoms with van der Waals surface area (Å²) in [6, 6.07) is 5.53. The molecule has 0 radical (unpaired) electrons. The van der Waals surface area contributed by atoms with E-state index < -0.39 is 5.60 Å². The van der Waals surface area contributed by atoms with Gasteiger partial charge in [0.05, 0.1) is 35.6 Å². The number of ether oxygens (including phenoxy) is 4. The molecule has 1 aromatic rings. The zero-order chi connectivity index (χ0) is 22.6. The number of benzene rings is 1. The molecule has 0 aromatic heterocycles. The van der Waals surface area contributed by atoms with Crippen LogP contribution >= 0.6 is 0 Å². The third-order valence-corrected chi connectivity index (χ3v) is 7.90. The number of fused-ring (bicyclic) bond motifs is 1. The summed E-state index contributed by atoms with van der Waals surface area (Å²) in [7, 11) is 0. The van der Waals surface area contributed by atoms with Crippen LogP contribution in [0.4, 0.5) is 0 Å². The highest BCUT2D eigenvalue weighted by Crippen LogP contribution is 2.49. The van der Waals surface area contributed by atoms with Crippen molar-refractivity contribution in [3.8, 4) is 11.5 Å². The van der Waals surface area contributed by atoms with Crippen molar-refractivity contribution in [3.63, 3.8) is 0 Å². The molecule has 0 unspecified atom stereocenters. The molecule has 1 spiro atoms. The molecule has 1 amide bonds. The first-order valence-electron chi connectivity index (χ1n) is 11.9. The molecule has 4 aliphatic rings. The van der Waals surface area contributed by atoms with Gasteiger partial charge in [-0.3, -0.25) is 4.79 Å². The number of piperidine rings is 1. The third-order valence-electron chi connectivity index (χ3n) is 7.90. The van der Waals surface area contributed by atoms with Crippen molar-refractivity contribution in [2.75, 3.05) is 32.9 Å². The molecule has 3 saturated heterocycles. The third kappa shape index (κ3) is 3.88. The largest absolute Gasteiger partial charge is 0.486 e. The topological polar surface area (TPSA) is 77.5 Å². The monoisotopic (exact) mass is 445 g/mol. The van der Waals surface area contributed by atoms with E-state index in [0.717, 1.165) is 32.1 Å². The summed E-state index contributed by atoms with van der Waals surface area (Å²) in [5.41, 5.74) is -0.522. The maximum absolute atomic E-state index is 13.2. The van der Waals surface area contributed by atoms with Crippen LogP contribution in [0.5, 0.6) is 11.5 Å². The minimum Gasteiger partial charge on any atom is -0.486 e. The van der Waals surface area contributed by atoms with Gasteiger partial charge in [-0.05, 0) is 70.4 Å². The standard InChI is InChI=1S/C25H35NO6/c1-23(2,28)19-7-8-24(3,32-19)20-15-25(16-31-20)9-11-26(12-10-25)22(27)17-5-4-6-18-21(17)30-14-13-29-18/h4-6,19-20,28H,7-16H2,1-3H3/t19-,20+,24-/m1/s1. The van der Waals surface area contributed by atoms with Gasteiger partial charge in [0.15, 0.2) is 11.5 Å². The Balaban J connectivity index is 1.22. The maximum atomic E-state index is 13.2. The van der Waals surface area contributed by atoms with Crippen LogP contribution in [0.1, 0.15) is 63.2 Å². The van der Waals surface area contributed by atoms with E-state index in [1.54, 1.807) is 0 Å². The molecular weight excluding hydrogens is 410 g/mol. The number of carbonyl (C=O) groups is 1. The summed E-state index contributed by atoms with van der Waals surface area (Å²) in [6.07, 6.45) is 4.41. The lowest BCUT2D eigenvalue weighted by molar-refractivity contribution is -0.155. The Bertz CT molecular complexity index is 872. The number of para-hydroxylation sites is 1. The minimum atomic E-state index is -0.842. The van der Waals surface area contributed by atoms with E-state index in [4.69, 9.17) is 18.9 Å². The molecule has 7 heteroatoms. The van der Waals surface area contributed by atoms with Gasteiger partial charge >= 0.3 is 0 Å². The Morgan fingerprint density at radius 1 is 1.16 bits per heavy atom. The summed E-state index contributed by atoms with van der Waals surface area (Å²) < 4.78 is 24.0. The lowest BCUT2D eigenvalue weighted by Gasteiger charge is -2.39. The van der Waals surface area contributed by atoms with Crippen LogP contribution in [0.2, 0.25) is 0 Å². The lowest BCUT2D eigenvalue weighted by atomic mass is 9.74. The van der Waals surface area contributed by atoms with Gasteiger partial charge in [-0.2, -0.15) is 0 Å². The number of hydrogen-bond donors (Lipinski definition) is 1. The van der Waals surface area contributed by atoms with Crippen LogP contribution in [0.15, 0.2) is 18.2 Å². The van der Waals surface area contributed by atoms with Crippen molar-refractivity contribution in [2.24, 2.45) is 5.41 Å². The van der Waals surface area contributed by atoms with E-state index in [-0.39, 0.29) is 29.1 Å². The normalized spacial score (nSPS) is 31.8. The van der Waals surface area contributed by atoms with E-state index in [2.05, 4.69) is 6.92 Å². The quantitative estimate of drug-likeness (QED) is 0.770. The van der Waals surface area contributed by atoms with Crippen LogP contribution < -0.4 is 9.47 Å². The lowest BCUT2D eigenvalue weighted by Crippen LogP contribution is -2.45. The van der Waals surface area contributed by atoms with E-state index in [1.165, 1.54) is 0 Å². The number of likely N-dealkylation sites (tertiary alicyclic amines) is 1. The van der Waals surface area contributed by atoms with Gasteiger partial charge in [0.2, 0.25) is 0 Å². The highest BCUT2D eigenvalue weighted by Gasteiger charge is 2.53. The van der Waals surface area contributed by atoms with E-state index in [1.807, 2.05) is 36.9 Å². The summed E-state index contributed by atoms with van der Waals surface area (Å²) in [6.45, 7) is 8.87. The van der Waals surface area contributed by atoms with Crippen molar-refractivity contribution in [1.82, 2.24) is 4.90 Å². The summed E-state index contributed by atoms with van der Waals surface area (Å²) >= 11 is 0. The van der Waals surface area contributed by atoms with Crippen LogP contribution in [-0.2, 0) is 9.47 Å². The average molecular weight is 446 g/mol. The smallest absolute Gasteiger partial charge is 0.257 e. The van der Waals surface area contributed by atoms with Gasteiger partial charge in [0, 0.05) is 13.1 Å². The average Bonchev–Trinajstić information content (AvgIpc) is 3.39. The van der Waals surface area contributed by atoms with Crippen molar-refractivity contribution in [1.29, 1.82) is 0 Å². The fraction of sp³-hybridized carbons (Fsp3) is 0.720. The summed E-state index contributed by atoms with van der Waals surface area (Å²) in [5.74, 6) is 1.23. The van der Waals surface area contributed by atoms with Gasteiger partial charge in [0.25, 0.3) is 5.91 Å². The molecule has 1 N–H and O–H groups in total. The highest BCUT2D eigenvalue weighted by molar-refractivity contribution is 5.98. The SMILES string of the molecule is CC(C)(O)[C@H]1CC[C@](C)([C@@H]2CC3(CCN(C(=O)c4cccc5c4OCCO5)CC3)CO2)O1. The van der Waals surface area contributed by atoms with Gasteiger partial charge in [-0.15, -0.1) is 0 Å². The van der Waals surface area contributed by atoms with Crippen molar-refractivity contribution in [3.05, 3.63) is 23.8 Å². The van der Waals surface area contributed by atoms with Crippen molar-refractivity contribution < 1.29 is 28.8 Å². The molecule has 0 bridgehead atoms. The first-order chi connectivity index (χ1) is 15.2. The highest BCUT2D eigenvalue weighted by atomic mass is 16.6. The second-order valence-corrected chi connectivity index (χ2v) is 10.7. The molecule has 3 atom stereocenters. The molecular formula is C25H35NO6. The number of carbonyl (C=O) groups excluding carboxylic acids is 1. The van der Waals surface area contributed by atoms with Crippen molar-refractivity contribution >= 4 is 5.91 Å². The van der Waals surface area contributed by atoms with Gasteiger partial charge in [-0.25, -0.2) is 0 Å². The molecule has 0 aliphatic carbocycles. The molecule has 32 heavy (non-hydrogen) atoms. The molecule has 4 heterocycles. The van der Waals surface area contributed by atoms with Gasteiger partial charge < -0.3 is 29.0 Å². The molecule has 4 aliphatic heterocycles. The predicted molar refractivity (Wildman–Crippen MR) is 118 cm³/mol. The Labute approximate surface area is 190 Å². The minimum absolute atomic E-state index is 0.0109. The number of nitrogens with zero attached hydrogens (tertiary/aromatic N) is 1. The Hall–Kier alpha value is -1.83. The first kappa shape index (κ1) is 22.0. The Morgan fingerprint density at radius 3 is 2.62 bits per heavy atom. The van der Waals surface area contributed by atoms with Crippen molar-refractivity contribution in [2.45, 2.75) is 76.3 Å². The zero-order valence-electron chi connectivity index (χ0n) is 19.4. The van der Waals surface area contributed by atoms with Gasteiger partial charge in [-0.1, -0.05) is 6.07 Å². The summed E-state index contributed by atoms with van der Waals surface area (Å²) in [5, 5.41) is 10.4. The number of aliphatic hydroxyl groups is 1. The predicted octanol–water partition coefficient (Wildman–Crippen LogP) is 3.18. The molecule has 176 valence electrons. The molecule has 7 nitrogen and oxygen atoms in total. The number of amides is 1. The van der Waals surface area contributed by atoms with Crippen LogP contribution in [0.3, 0.4) is 0 Å². The number of hydrogen-bond acceptors (Lipinski definition) is 6. The first-order valence-corrected chi connectivity index (χ1v) is 11.9. The molecule has 5 rings (SSSR count). The second kappa shape index (κ2) is 7.89. The summed E-state index contributed by atoms with van der Waals surface area (Å²) in [4.78, 5) is 15.2. The fourth-order valence-electron chi connectivity index (χ4n) is 5.72. The Morgan fingerprint density at radius 2 is 1.91 bits per heavy atom. The van der Waals surface area contributed by atoms with E-state index >= 15 is 0 Å². The van der Waals surface area contributed by atoms with Crippen LogP contribution in [-0.4, -0.2) is 72.2 Å². The molecule has 1 aromatic carbocycles. The van der Waals surface area contributed by atoms with Crippen LogP contribution in [0, 0.1) is 5.41 Å². The fourth-order valence-corrected chi connectivity index (χ4v) is 5.72. The zero-order valence-corrected chi connectivity index (χ0v) is 19.4.